The number of carbonyl (C=O) groups is 2. The number of rotatable bonds is 6. The lowest BCUT2D eigenvalue weighted by Gasteiger charge is -2.35. The number of carbonyl (C=O) groups excluding carboxylic acids is 2. The summed E-state index contributed by atoms with van der Waals surface area (Å²) in [4.78, 5) is 32.2. The number of hydrogen-bond donors (Lipinski definition) is 0. The third kappa shape index (κ3) is 4.83. The van der Waals surface area contributed by atoms with Gasteiger partial charge in [-0.25, -0.2) is 0 Å². The predicted molar refractivity (Wildman–Crippen MR) is 136 cm³/mol. The Morgan fingerprint density at radius 2 is 1.67 bits per heavy atom. The molecule has 1 aromatic heterocycles. The van der Waals surface area contributed by atoms with Crippen molar-refractivity contribution in [3.8, 4) is 11.5 Å². The first-order valence-corrected chi connectivity index (χ1v) is 12.2. The normalized spacial score (nSPS) is 15.6. The number of aromatic nitrogens is 2. The number of halogens is 1. The second kappa shape index (κ2) is 10.1. The number of methoxy groups -OCH3 is 2. The molecule has 1 fully saturated rings. The summed E-state index contributed by atoms with van der Waals surface area (Å²) in [6, 6.07) is 14.9. The third-order valence-electron chi connectivity index (χ3n) is 6.61. The van der Waals surface area contributed by atoms with Crippen molar-refractivity contribution < 1.29 is 19.1 Å². The first-order chi connectivity index (χ1) is 17.4. The Morgan fingerprint density at radius 1 is 0.944 bits per heavy atom. The van der Waals surface area contributed by atoms with Gasteiger partial charge in [0, 0.05) is 62.1 Å². The fraction of sp³-hybridized carbons (Fsp3) is 0.346. The maximum atomic E-state index is 13.2. The molecular formula is C26H28ClN5O4. The first kappa shape index (κ1) is 24.0. The third-order valence-corrected chi connectivity index (χ3v) is 6.85. The minimum Gasteiger partial charge on any atom is -0.497 e. The molecule has 2 aliphatic rings. The molecule has 0 saturated carbocycles. The van der Waals surface area contributed by atoms with E-state index in [1.807, 2.05) is 36.4 Å². The van der Waals surface area contributed by atoms with Gasteiger partial charge >= 0.3 is 0 Å². The van der Waals surface area contributed by atoms with Crippen LogP contribution in [0.1, 0.15) is 26.5 Å². The highest BCUT2D eigenvalue weighted by molar-refractivity contribution is 6.30. The largest absolute Gasteiger partial charge is 0.497 e. The van der Waals surface area contributed by atoms with Gasteiger partial charge in [0.15, 0.2) is 5.69 Å². The highest BCUT2D eigenvalue weighted by atomic mass is 35.5. The van der Waals surface area contributed by atoms with Gasteiger partial charge in [0.2, 0.25) is 0 Å². The summed E-state index contributed by atoms with van der Waals surface area (Å²) in [6.45, 7) is 3.99. The highest BCUT2D eigenvalue weighted by Gasteiger charge is 2.30. The van der Waals surface area contributed by atoms with Crippen LogP contribution in [0.3, 0.4) is 0 Å². The number of hydrogen-bond acceptors (Lipinski definition) is 6. The molecule has 2 aliphatic heterocycles. The van der Waals surface area contributed by atoms with E-state index in [-0.39, 0.29) is 11.8 Å². The Kier molecular flexibility index (Phi) is 6.73. The van der Waals surface area contributed by atoms with Crippen molar-refractivity contribution in [3.05, 3.63) is 70.5 Å². The molecule has 0 spiro atoms. The average Bonchev–Trinajstić information content (AvgIpc) is 3.35. The van der Waals surface area contributed by atoms with E-state index >= 15 is 0 Å². The maximum Gasteiger partial charge on any atom is 0.274 e. The van der Waals surface area contributed by atoms with Crippen LogP contribution in [0.2, 0.25) is 5.02 Å². The average molecular weight is 510 g/mol. The summed E-state index contributed by atoms with van der Waals surface area (Å²) in [5, 5.41) is 5.16. The Morgan fingerprint density at radius 3 is 2.33 bits per heavy atom. The summed E-state index contributed by atoms with van der Waals surface area (Å²) in [5.74, 6) is 1.03. The molecule has 5 rings (SSSR count). The molecule has 0 atom stereocenters. The molecule has 0 unspecified atom stereocenters. The van der Waals surface area contributed by atoms with E-state index in [0.717, 1.165) is 11.3 Å². The molecule has 0 bridgehead atoms. The van der Waals surface area contributed by atoms with Crippen molar-refractivity contribution >= 4 is 29.1 Å². The molecule has 3 heterocycles. The van der Waals surface area contributed by atoms with Crippen LogP contribution in [0, 0.1) is 0 Å². The van der Waals surface area contributed by atoms with Crippen molar-refractivity contribution in [2.75, 3.05) is 51.8 Å². The lowest BCUT2D eigenvalue weighted by atomic mass is 10.1. The lowest BCUT2D eigenvalue weighted by Crippen LogP contribution is -2.48. The van der Waals surface area contributed by atoms with Crippen LogP contribution in [-0.4, -0.2) is 78.3 Å². The number of amides is 2. The molecule has 2 amide bonds. The number of nitrogens with zero attached hydrogens (tertiary/aromatic N) is 5. The fourth-order valence-electron chi connectivity index (χ4n) is 4.67. The summed E-state index contributed by atoms with van der Waals surface area (Å²) in [7, 11) is 3.19. The molecule has 188 valence electrons. The molecule has 10 heteroatoms. The highest BCUT2D eigenvalue weighted by Crippen LogP contribution is 2.25. The summed E-state index contributed by atoms with van der Waals surface area (Å²) in [5.41, 5.74) is 2.68. The number of ether oxygens (including phenoxy) is 2. The van der Waals surface area contributed by atoms with Crippen LogP contribution in [0.5, 0.6) is 11.5 Å². The minimum atomic E-state index is -0.153. The van der Waals surface area contributed by atoms with E-state index < -0.39 is 0 Å². The SMILES string of the molecule is COc1cc(CN2CCn3nc(C(=O)N4CCN(c5cccc(Cl)c5)CC4)cc3C2=O)cc(OC)c1. The first-order valence-electron chi connectivity index (χ1n) is 11.8. The minimum absolute atomic E-state index is 0.152. The Labute approximate surface area is 214 Å². The van der Waals surface area contributed by atoms with Gasteiger partial charge in [-0.1, -0.05) is 17.7 Å². The van der Waals surface area contributed by atoms with E-state index in [9.17, 15) is 9.59 Å². The number of fused-ring (bicyclic) bond motifs is 1. The Hall–Kier alpha value is -3.72. The zero-order valence-electron chi connectivity index (χ0n) is 20.3. The van der Waals surface area contributed by atoms with Crippen LogP contribution in [0.25, 0.3) is 0 Å². The summed E-state index contributed by atoms with van der Waals surface area (Å²) in [6.07, 6.45) is 0. The van der Waals surface area contributed by atoms with Crippen LogP contribution < -0.4 is 14.4 Å². The van der Waals surface area contributed by atoms with Gasteiger partial charge in [0.1, 0.15) is 17.2 Å². The van der Waals surface area contributed by atoms with E-state index in [2.05, 4.69) is 10.00 Å². The quantitative estimate of drug-likeness (QED) is 0.508. The summed E-state index contributed by atoms with van der Waals surface area (Å²) >= 11 is 6.12. The van der Waals surface area contributed by atoms with Crippen LogP contribution in [-0.2, 0) is 13.1 Å². The monoisotopic (exact) mass is 509 g/mol. The number of benzene rings is 2. The second-order valence-electron chi connectivity index (χ2n) is 8.84. The van der Waals surface area contributed by atoms with Crippen LogP contribution >= 0.6 is 11.6 Å². The zero-order valence-corrected chi connectivity index (χ0v) is 21.1. The van der Waals surface area contributed by atoms with E-state index in [0.29, 0.717) is 73.7 Å². The van der Waals surface area contributed by atoms with Crippen molar-refractivity contribution in [3.63, 3.8) is 0 Å². The molecule has 3 aromatic rings. The van der Waals surface area contributed by atoms with Gasteiger partial charge in [-0.05, 0) is 35.9 Å². The van der Waals surface area contributed by atoms with E-state index in [4.69, 9.17) is 21.1 Å². The molecule has 36 heavy (non-hydrogen) atoms. The predicted octanol–water partition coefficient (Wildman–Crippen LogP) is 3.17. The van der Waals surface area contributed by atoms with Gasteiger partial charge < -0.3 is 24.2 Å². The Bertz CT molecular complexity index is 1260. The topological polar surface area (TPSA) is 80.1 Å². The molecule has 1 saturated heterocycles. The van der Waals surface area contributed by atoms with Gasteiger partial charge in [-0.15, -0.1) is 0 Å². The van der Waals surface area contributed by atoms with Crippen LogP contribution in [0.15, 0.2) is 48.5 Å². The molecular weight excluding hydrogens is 482 g/mol. The van der Waals surface area contributed by atoms with Gasteiger partial charge in [-0.2, -0.15) is 5.10 Å². The summed E-state index contributed by atoms with van der Waals surface area (Å²) < 4.78 is 12.3. The van der Waals surface area contributed by atoms with E-state index in [1.165, 1.54) is 0 Å². The van der Waals surface area contributed by atoms with Crippen LogP contribution in [0.4, 0.5) is 5.69 Å². The van der Waals surface area contributed by atoms with Crippen molar-refractivity contribution in [2.24, 2.45) is 0 Å². The fourth-order valence-corrected chi connectivity index (χ4v) is 4.86. The second-order valence-corrected chi connectivity index (χ2v) is 9.28. The van der Waals surface area contributed by atoms with Gasteiger partial charge in [0.05, 0.1) is 20.8 Å². The van der Waals surface area contributed by atoms with Crippen molar-refractivity contribution in [2.45, 2.75) is 13.1 Å². The molecule has 2 aromatic carbocycles. The zero-order chi connectivity index (χ0) is 25.2. The number of anilines is 1. The smallest absolute Gasteiger partial charge is 0.274 e. The standard InChI is InChI=1S/C26H28ClN5O4/c1-35-21-12-18(13-22(15-21)36-2)17-31-10-11-32-24(26(31)34)16-23(28-32)25(33)30-8-6-29(7-9-30)20-5-3-4-19(27)14-20/h3-5,12-16H,6-11,17H2,1-2H3. The molecule has 9 nitrogen and oxygen atoms in total. The maximum absolute atomic E-state index is 13.2. The molecule has 0 aliphatic carbocycles. The van der Waals surface area contributed by atoms with Crippen molar-refractivity contribution in [1.29, 1.82) is 0 Å². The molecule has 0 radical (unpaired) electrons. The molecule has 0 N–H and O–H groups in total. The lowest BCUT2D eigenvalue weighted by molar-refractivity contribution is 0.0680. The van der Waals surface area contributed by atoms with Gasteiger partial charge in [-0.3, -0.25) is 14.3 Å². The Balaban J connectivity index is 1.25. The van der Waals surface area contributed by atoms with E-state index in [1.54, 1.807) is 40.8 Å². The number of piperazine rings is 1. The van der Waals surface area contributed by atoms with Gasteiger partial charge in [0.25, 0.3) is 11.8 Å². The van der Waals surface area contributed by atoms with Crippen molar-refractivity contribution in [1.82, 2.24) is 19.6 Å².